The number of benzene rings is 2. The van der Waals surface area contributed by atoms with E-state index in [0.29, 0.717) is 46.7 Å². The average Bonchev–Trinajstić information content (AvgIpc) is 3.46. The van der Waals surface area contributed by atoms with Crippen LogP contribution in [0.5, 0.6) is 11.5 Å². The highest BCUT2D eigenvalue weighted by Crippen LogP contribution is 2.49. The summed E-state index contributed by atoms with van der Waals surface area (Å²) in [5.74, 6) is 0.0480. The molecule has 6 nitrogen and oxygen atoms in total. The molecule has 1 aliphatic heterocycles. The normalized spacial score (nSPS) is 19.3. The van der Waals surface area contributed by atoms with Crippen LogP contribution >= 0.6 is 11.3 Å². The number of allylic oxidation sites excluding steroid dienone is 3. The number of thiophene rings is 1. The molecule has 7 heteroatoms. The lowest BCUT2D eigenvalue weighted by molar-refractivity contribution is -0.140. The van der Waals surface area contributed by atoms with E-state index in [1.165, 1.54) is 4.88 Å². The van der Waals surface area contributed by atoms with Crippen LogP contribution in [0.4, 0.5) is 0 Å². The molecule has 0 spiro atoms. The van der Waals surface area contributed by atoms with Gasteiger partial charge in [-0.2, -0.15) is 0 Å². The molecule has 0 bridgehead atoms. The summed E-state index contributed by atoms with van der Waals surface area (Å²) in [4.78, 5) is 28.6. The van der Waals surface area contributed by atoms with Crippen LogP contribution in [-0.4, -0.2) is 26.0 Å². The molecule has 0 amide bonds. The monoisotopic (exact) mass is 515 g/mol. The highest BCUT2D eigenvalue weighted by molar-refractivity contribution is 7.10. The standard InChI is InChI=1S/C30H29NO5S/c1-18-26(30(33)36-17-19-9-5-4-6-10-19)27(21-11-7-12-24(34-2)29(21)35-3)28-22(31-18)15-20(16-23(28)32)25-13-8-14-37-25/h4-14,20,27,31H,15-17H2,1-3H3/t20-,27+/m0/s1. The first kappa shape index (κ1) is 24.8. The van der Waals surface area contributed by atoms with Crippen LogP contribution in [-0.2, 0) is 20.9 Å². The van der Waals surface area contributed by atoms with E-state index < -0.39 is 11.9 Å². The number of carbonyl (C=O) groups is 2. The average molecular weight is 516 g/mol. The van der Waals surface area contributed by atoms with Gasteiger partial charge < -0.3 is 19.5 Å². The maximum absolute atomic E-state index is 13.8. The maximum atomic E-state index is 13.8. The quantitative estimate of drug-likeness (QED) is 0.397. The summed E-state index contributed by atoms with van der Waals surface area (Å²) >= 11 is 1.66. The van der Waals surface area contributed by atoms with Gasteiger partial charge in [0.05, 0.1) is 25.7 Å². The number of dihydropyridines is 1. The smallest absolute Gasteiger partial charge is 0.337 e. The van der Waals surface area contributed by atoms with Crippen molar-refractivity contribution < 1.29 is 23.8 Å². The van der Waals surface area contributed by atoms with E-state index in [1.807, 2.05) is 60.8 Å². The third kappa shape index (κ3) is 4.79. The number of rotatable bonds is 7. The van der Waals surface area contributed by atoms with Gasteiger partial charge in [-0.15, -0.1) is 11.3 Å². The molecule has 37 heavy (non-hydrogen) atoms. The molecule has 2 aliphatic rings. The Hall–Kier alpha value is -3.84. The van der Waals surface area contributed by atoms with Gasteiger partial charge in [-0.3, -0.25) is 4.79 Å². The second kappa shape index (κ2) is 10.6. The highest BCUT2D eigenvalue weighted by atomic mass is 32.1. The zero-order valence-electron chi connectivity index (χ0n) is 21.1. The number of methoxy groups -OCH3 is 2. The summed E-state index contributed by atoms with van der Waals surface area (Å²) in [6.07, 6.45) is 1.07. The summed E-state index contributed by atoms with van der Waals surface area (Å²) < 4.78 is 17.1. The minimum absolute atomic E-state index is 0.0166. The Morgan fingerprint density at radius 1 is 1.00 bits per heavy atom. The van der Waals surface area contributed by atoms with Crippen molar-refractivity contribution in [2.75, 3.05) is 14.2 Å². The molecular weight excluding hydrogens is 486 g/mol. The Balaban J connectivity index is 1.58. The molecule has 5 rings (SSSR count). The Morgan fingerprint density at radius 3 is 2.51 bits per heavy atom. The molecule has 2 atom stereocenters. The van der Waals surface area contributed by atoms with Crippen molar-refractivity contribution in [1.82, 2.24) is 5.32 Å². The van der Waals surface area contributed by atoms with Crippen LogP contribution in [0.2, 0.25) is 0 Å². The molecule has 1 aliphatic carbocycles. The van der Waals surface area contributed by atoms with Crippen molar-refractivity contribution in [2.24, 2.45) is 0 Å². The second-order valence-corrected chi connectivity index (χ2v) is 10.2. The second-order valence-electron chi connectivity index (χ2n) is 9.18. The number of ether oxygens (including phenoxy) is 3. The molecule has 0 fully saturated rings. The third-order valence-electron chi connectivity index (χ3n) is 6.95. The predicted molar refractivity (Wildman–Crippen MR) is 143 cm³/mol. The molecule has 0 saturated carbocycles. The van der Waals surface area contributed by atoms with Crippen molar-refractivity contribution in [3.8, 4) is 11.5 Å². The van der Waals surface area contributed by atoms with Crippen molar-refractivity contribution in [3.63, 3.8) is 0 Å². The zero-order chi connectivity index (χ0) is 25.9. The molecule has 3 aromatic rings. The number of ketones is 1. The number of para-hydroxylation sites is 1. The van der Waals surface area contributed by atoms with E-state index in [4.69, 9.17) is 14.2 Å². The Bertz CT molecular complexity index is 1370. The number of hydrogen-bond donors (Lipinski definition) is 1. The van der Waals surface area contributed by atoms with E-state index >= 15 is 0 Å². The topological polar surface area (TPSA) is 73.9 Å². The van der Waals surface area contributed by atoms with Gasteiger partial charge in [0.15, 0.2) is 17.3 Å². The van der Waals surface area contributed by atoms with Gasteiger partial charge in [0.1, 0.15) is 6.61 Å². The van der Waals surface area contributed by atoms with Gasteiger partial charge in [0.25, 0.3) is 0 Å². The van der Waals surface area contributed by atoms with Crippen LogP contribution < -0.4 is 14.8 Å². The molecule has 2 heterocycles. The molecular formula is C30H29NO5S. The predicted octanol–water partition coefficient (Wildman–Crippen LogP) is 5.87. The minimum atomic E-state index is -0.638. The molecule has 190 valence electrons. The van der Waals surface area contributed by atoms with Crippen molar-refractivity contribution in [2.45, 2.75) is 38.2 Å². The fraction of sp³-hybridized carbons (Fsp3) is 0.267. The van der Waals surface area contributed by atoms with E-state index in [-0.39, 0.29) is 18.3 Å². The number of carbonyl (C=O) groups excluding carboxylic acids is 2. The first-order valence-electron chi connectivity index (χ1n) is 12.2. The van der Waals surface area contributed by atoms with E-state index in [9.17, 15) is 9.59 Å². The first-order valence-corrected chi connectivity index (χ1v) is 13.1. The summed E-state index contributed by atoms with van der Waals surface area (Å²) in [6, 6.07) is 19.2. The largest absolute Gasteiger partial charge is 0.493 e. The van der Waals surface area contributed by atoms with Gasteiger partial charge in [-0.1, -0.05) is 48.5 Å². The van der Waals surface area contributed by atoms with Crippen molar-refractivity contribution in [3.05, 3.63) is 105 Å². The summed E-state index contributed by atoms with van der Waals surface area (Å²) in [6.45, 7) is 2.00. The number of nitrogens with one attached hydrogen (secondary N) is 1. The molecule has 1 aromatic heterocycles. The van der Waals surface area contributed by atoms with Gasteiger partial charge in [-0.25, -0.2) is 4.79 Å². The number of esters is 1. The van der Waals surface area contributed by atoms with Gasteiger partial charge >= 0.3 is 5.97 Å². The zero-order valence-corrected chi connectivity index (χ0v) is 21.9. The van der Waals surface area contributed by atoms with Crippen LogP contribution in [0, 0.1) is 0 Å². The van der Waals surface area contributed by atoms with Crippen molar-refractivity contribution in [1.29, 1.82) is 0 Å². The first-order chi connectivity index (χ1) is 18.0. The van der Waals surface area contributed by atoms with Crippen LogP contribution in [0.1, 0.15) is 47.6 Å². The lowest BCUT2D eigenvalue weighted by atomic mass is 9.72. The maximum Gasteiger partial charge on any atom is 0.337 e. The molecule has 0 saturated heterocycles. The number of Topliss-reactive ketones (excluding diaryl/α,β-unsaturated/α-hetero) is 1. The Labute approximate surface area is 220 Å². The fourth-order valence-electron chi connectivity index (χ4n) is 5.29. The van der Waals surface area contributed by atoms with E-state index in [0.717, 1.165) is 11.3 Å². The van der Waals surface area contributed by atoms with Crippen LogP contribution in [0.25, 0.3) is 0 Å². The van der Waals surface area contributed by atoms with Gasteiger partial charge in [0, 0.05) is 39.7 Å². The summed E-state index contributed by atoms with van der Waals surface area (Å²) in [5.41, 5.74) is 4.11. The lowest BCUT2D eigenvalue weighted by Crippen LogP contribution is -2.36. The third-order valence-corrected chi connectivity index (χ3v) is 7.99. The van der Waals surface area contributed by atoms with Gasteiger partial charge in [-0.05, 0) is 36.4 Å². The molecule has 2 aromatic carbocycles. The summed E-state index contributed by atoms with van der Waals surface area (Å²) in [7, 11) is 3.14. The minimum Gasteiger partial charge on any atom is -0.493 e. The van der Waals surface area contributed by atoms with Gasteiger partial charge in [0.2, 0.25) is 0 Å². The molecule has 0 unspecified atom stereocenters. The molecule has 1 N–H and O–H groups in total. The highest BCUT2D eigenvalue weighted by Gasteiger charge is 2.43. The molecule has 0 radical (unpaired) electrons. The van der Waals surface area contributed by atoms with E-state index in [1.54, 1.807) is 31.6 Å². The Morgan fingerprint density at radius 2 is 1.81 bits per heavy atom. The van der Waals surface area contributed by atoms with E-state index in [2.05, 4.69) is 11.4 Å². The van der Waals surface area contributed by atoms with Crippen LogP contribution in [0.3, 0.4) is 0 Å². The SMILES string of the molecule is COc1cccc([C@@H]2C(C(=O)OCc3ccccc3)=C(C)NC3=C2C(=O)C[C@@H](c2cccs2)C3)c1OC. The Kier molecular flexibility index (Phi) is 7.15. The van der Waals surface area contributed by atoms with Crippen LogP contribution in [0.15, 0.2) is 88.6 Å². The lowest BCUT2D eigenvalue weighted by Gasteiger charge is -2.37. The summed E-state index contributed by atoms with van der Waals surface area (Å²) in [5, 5.41) is 5.44. The van der Waals surface area contributed by atoms with Crippen molar-refractivity contribution >= 4 is 23.1 Å². The fourth-order valence-corrected chi connectivity index (χ4v) is 6.12. The number of hydrogen-bond acceptors (Lipinski definition) is 7.